The monoisotopic (exact) mass is 291 g/mol. The van der Waals surface area contributed by atoms with Crippen LogP contribution in [-0.2, 0) is 11.2 Å². The van der Waals surface area contributed by atoms with Crippen LogP contribution in [0.4, 0.5) is 8.78 Å². The highest BCUT2D eigenvalue weighted by Crippen LogP contribution is 2.24. The van der Waals surface area contributed by atoms with Gasteiger partial charge in [-0.3, -0.25) is 4.98 Å². The number of esters is 1. The topological polar surface area (TPSA) is 39.2 Å². The number of hydrogen-bond donors (Lipinski definition) is 0. The quantitative estimate of drug-likeness (QED) is 0.805. The molecular weight excluding hydrogens is 276 g/mol. The highest BCUT2D eigenvalue weighted by atomic mass is 19.1. The van der Waals surface area contributed by atoms with Crippen LogP contribution in [0.15, 0.2) is 30.3 Å². The summed E-state index contributed by atoms with van der Waals surface area (Å²) in [6.45, 7) is 3.81. The van der Waals surface area contributed by atoms with Crippen LogP contribution in [0, 0.1) is 11.6 Å². The first-order valence-corrected chi connectivity index (χ1v) is 6.69. The van der Waals surface area contributed by atoms with Gasteiger partial charge in [0.2, 0.25) is 0 Å². The maximum atomic E-state index is 13.8. The Morgan fingerprint density at radius 1 is 1.19 bits per heavy atom. The summed E-state index contributed by atoms with van der Waals surface area (Å²) in [5.41, 5.74) is 1.20. The van der Waals surface area contributed by atoms with Gasteiger partial charge in [0.25, 0.3) is 0 Å². The number of pyridine rings is 1. The van der Waals surface area contributed by atoms with E-state index in [-0.39, 0.29) is 17.9 Å². The SMILES string of the molecule is CCOC(=O)c1ccc(-c2cc(F)ccc2F)nc1CC. The molecule has 3 nitrogen and oxygen atoms in total. The van der Waals surface area contributed by atoms with Crippen molar-refractivity contribution in [3.8, 4) is 11.3 Å². The molecule has 5 heteroatoms. The summed E-state index contributed by atoms with van der Waals surface area (Å²) in [4.78, 5) is 16.1. The van der Waals surface area contributed by atoms with Crippen molar-refractivity contribution < 1.29 is 18.3 Å². The Morgan fingerprint density at radius 2 is 1.95 bits per heavy atom. The molecule has 1 heterocycles. The smallest absolute Gasteiger partial charge is 0.339 e. The fraction of sp³-hybridized carbons (Fsp3) is 0.250. The van der Waals surface area contributed by atoms with Gasteiger partial charge in [-0.25, -0.2) is 13.6 Å². The van der Waals surface area contributed by atoms with Gasteiger partial charge in [-0.1, -0.05) is 6.92 Å². The lowest BCUT2D eigenvalue weighted by molar-refractivity contribution is 0.0524. The third-order valence-electron chi connectivity index (χ3n) is 3.01. The number of hydrogen-bond acceptors (Lipinski definition) is 3. The Hall–Kier alpha value is -2.30. The maximum absolute atomic E-state index is 13.8. The number of aromatic nitrogens is 1. The lowest BCUT2D eigenvalue weighted by Gasteiger charge is -2.09. The van der Waals surface area contributed by atoms with Crippen molar-refractivity contribution in [2.24, 2.45) is 0 Å². The van der Waals surface area contributed by atoms with E-state index in [1.165, 1.54) is 12.1 Å². The zero-order chi connectivity index (χ0) is 15.4. The first-order chi connectivity index (χ1) is 10.1. The number of rotatable bonds is 4. The van der Waals surface area contributed by atoms with Crippen LogP contribution in [0.1, 0.15) is 29.9 Å². The van der Waals surface area contributed by atoms with Crippen LogP contribution >= 0.6 is 0 Å². The highest BCUT2D eigenvalue weighted by Gasteiger charge is 2.15. The fourth-order valence-electron chi connectivity index (χ4n) is 2.01. The number of aryl methyl sites for hydroxylation is 1. The Bertz CT molecular complexity index is 671. The van der Waals surface area contributed by atoms with E-state index in [4.69, 9.17) is 4.74 Å². The molecule has 0 N–H and O–H groups in total. The van der Waals surface area contributed by atoms with Crippen LogP contribution in [0.2, 0.25) is 0 Å². The van der Waals surface area contributed by atoms with Gasteiger partial charge in [-0.05, 0) is 43.7 Å². The average molecular weight is 291 g/mol. The van der Waals surface area contributed by atoms with Crippen molar-refractivity contribution in [1.82, 2.24) is 4.98 Å². The Morgan fingerprint density at radius 3 is 2.62 bits per heavy atom. The minimum Gasteiger partial charge on any atom is -0.462 e. The first kappa shape index (κ1) is 15.1. The molecule has 2 rings (SSSR count). The standard InChI is InChI=1S/C16H15F2NO2/c1-3-14-11(16(20)21-4-2)6-8-15(19-14)12-9-10(17)5-7-13(12)18/h5-9H,3-4H2,1-2H3. The molecule has 0 spiro atoms. The molecule has 0 amide bonds. The van der Waals surface area contributed by atoms with Gasteiger partial charge in [-0.2, -0.15) is 0 Å². The Balaban J connectivity index is 2.48. The van der Waals surface area contributed by atoms with Crippen LogP contribution < -0.4 is 0 Å². The van der Waals surface area contributed by atoms with E-state index in [0.29, 0.717) is 17.7 Å². The third kappa shape index (κ3) is 3.24. The van der Waals surface area contributed by atoms with Crippen LogP contribution in [0.25, 0.3) is 11.3 Å². The van der Waals surface area contributed by atoms with E-state index in [9.17, 15) is 13.6 Å². The second-order valence-corrected chi connectivity index (χ2v) is 4.39. The number of carbonyl (C=O) groups excluding carboxylic acids is 1. The fourth-order valence-corrected chi connectivity index (χ4v) is 2.01. The molecule has 0 fully saturated rings. The molecule has 0 saturated carbocycles. The van der Waals surface area contributed by atoms with Crippen LogP contribution in [0.5, 0.6) is 0 Å². The molecule has 21 heavy (non-hydrogen) atoms. The summed E-state index contributed by atoms with van der Waals surface area (Å²) in [5, 5.41) is 0. The van der Waals surface area contributed by atoms with E-state index in [0.717, 1.165) is 18.2 Å². The first-order valence-electron chi connectivity index (χ1n) is 6.69. The molecular formula is C16H15F2NO2. The second kappa shape index (κ2) is 6.43. The lowest BCUT2D eigenvalue weighted by Crippen LogP contribution is -2.09. The molecule has 1 aromatic heterocycles. The van der Waals surface area contributed by atoms with Gasteiger partial charge in [-0.15, -0.1) is 0 Å². The van der Waals surface area contributed by atoms with Crippen molar-refractivity contribution in [2.45, 2.75) is 20.3 Å². The molecule has 0 aliphatic carbocycles. The van der Waals surface area contributed by atoms with Crippen molar-refractivity contribution >= 4 is 5.97 Å². The molecule has 0 saturated heterocycles. The number of nitrogens with zero attached hydrogens (tertiary/aromatic N) is 1. The zero-order valence-corrected chi connectivity index (χ0v) is 11.8. The van der Waals surface area contributed by atoms with Crippen molar-refractivity contribution in [2.75, 3.05) is 6.61 Å². The van der Waals surface area contributed by atoms with E-state index in [1.54, 1.807) is 6.92 Å². The molecule has 0 aliphatic heterocycles. The molecule has 0 radical (unpaired) electrons. The molecule has 2 aromatic rings. The molecule has 0 bridgehead atoms. The van der Waals surface area contributed by atoms with E-state index < -0.39 is 17.6 Å². The lowest BCUT2D eigenvalue weighted by atomic mass is 10.1. The summed E-state index contributed by atoms with van der Waals surface area (Å²) in [7, 11) is 0. The summed E-state index contributed by atoms with van der Waals surface area (Å²) < 4.78 is 32.0. The Kier molecular flexibility index (Phi) is 4.62. The second-order valence-electron chi connectivity index (χ2n) is 4.39. The van der Waals surface area contributed by atoms with Crippen molar-refractivity contribution in [3.63, 3.8) is 0 Å². The minimum atomic E-state index is -0.560. The summed E-state index contributed by atoms with van der Waals surface area (Å²) >= 11 is 0. The van der Waals surface area contributed by atoms with Gasteiger partial charge in [0.15, 0.2) is 0 Å². The molecule has 0 aliphatic rings. The average Bonchev–Trinajstić information content (AvgIpc) is 2.49. The maximum Gasteiger partial charge on any atom is 0.339 e. The third-order valence-corrected chi connectivity index (χ3v) is 3.01. The van der Waals surface area contributed by atoms with E-state index in [1.807, 2.05) is 6.92 Å². The summed E-state index contributed by atoms with van der Waals surface area (Å²) in [6, 6.07) is 6.21. The molecule has 1 aromatic carbocycles. The van der Waals surface area contributed by atoms with Crippen LogP contribution in [0.3, 0.4) is 0 Å². The van der Waals surface area contributed by atoms with Gasteiger partial charge < -0.3 is 4.74 Å². The normalized spacial score (nSPS) is 10.5. The van der Waals surface area contributed by atoms with Gasteiger partial charge >= 0.3 is 5.97 Å². The van der Waals surface area contributed by atoms with E-state index in [2.05, 4.69) is 4.98 Å². The number of ether oxygens (including phenoxy) is 1. The Labute approximate surface area is 121 Å². The minimum absolute atomic E-state index is 0.0695. The van der Waals surface area contributed by atoms with E-state index >= 15 is 0 Å². The van der Waals surface area contributed by atoms with Gasteiger partial charge in [0, 0.05) is 5.56 Å². The summed E-state index contributed by atoms with van der Waals surface area (Å²) in [5.74, 6) is -1.57. The highest BCUT2D eigenvalue weighted by molar-refractivity contribution is 5.91. The zero-order valence-electron chi connectivity index (χ0n) is 11.8. The number of carbonyl (C=O) groups is 1. The largest absolute Gasteiger partial charge is 0.462 e. The molecule has 0 unspecified atom stereocenters. The van der Waals surface area contributed by atoms with Crippen LogP contribution in [-0.4, -0.2) is 17.6 Å². The predicted molar refractivity (Wildman–Crippen MR) is 74.9 cm³/mol. The van der Waals surface area contributed by atoms with Gasteiger partial charge in [0.1, 0.15) is 11.6 Å². The molecule has 110 valence electrons. The van der Waals surface area contributed by atoms with Crippen molar-refractivity contribution in [1.29, 1.82) is 0 Å². The number of benzene rings is 1. The molecule has 0 atom stereocenters. The summed E-state index contributed by atoms with van der Waals surface area (Å²) in [6.07, 6.45) is 0.485. The predicted octanol–water partition coefficient (Wildman–Crippen LogP) is 3.77. The van der Waals surface area contributed by atoms with Gasteiger partial charge in [0.05, 0.1) is 23.6 Å². The number of halogens is 2. The van der Waals surface area contributed by atoms with Crippen molar-refractivity contribution in [3.05, 3.63) is 53.2 Å².